The molecule has 3 rings (SSSR count). The Labute approximate surface area is 119 Å². The number of amides is 1. The van der Waals surface area contributed by atoms with Crippen molar-refractivity contribution in [2.24, 2.45) is 5.92 Å². The van der Waals surface area contributed by atoms with Crippen LogP contribution in [0.15, 0.2) is 18.2 Å². The zero-order chi connectivity index (χ0) is 13.9. The van der Waals surface area contributed by atoms with Crippen molar-refractivity contribution in [3.63, 3.8) is 0 Å². The summed E-state index contributed by atoms with van der Waals surface area (Å²) in [6.45, 7) is 1.12. The summed E-state index contributed by atoms with van der Waals surface area (Å²) in [7, 11) is 1.88. The Morgan fingerprint density at radius 3 is 2.95 bits per heavy atom. The molecule has 2 aliphatic rings. The lowest BCUT2D eigenvalue weighted by atomic mass is 9.90. The highest BCUT2D eigenvalue weighted by Gasteiger charge is 2.33. The molecular formula is C16H22N2O2. The van der Waals surface area contributed by atoms with Crippen molar-refractivity contribution in [2.45, 2.75) is 31.7 Å². The van der Waals surface area contributed by atoms with Gasteiger partial charge in [0.05, 0.1) is 19.1 Å². The molecule has 1 aliphatic heterocycles. The molecule has 1 aliphatic carbocycles. The van der Waals surface area contributed by atoms with Crippen LogP contribution < -0.4 is 10.6 Å². The van der Waals surface area contributed by atoms with E-state index >= 15 is 0 Å². The molecule has 1 saturated heterocycles. The lowest BCUT2D eigenvalue weighted by Crippen LogP contribution is -2.39. The van der Waals surface area contributed by atoms with Gasteiger partial charge in [0.2, 0.25) is 5.91 Å². The predicted octanol–water partition coefficient (Wildman–Crippen LogP) is 1.74. The standard InChI is InChI=1S/C16H22N2O2/c1-17-15-10-20-9-13(15)16(19)18-14-8-4-6-11-5-2-3-7-12(11)14/h4,6,8,13,15,17H,2-3,5,7,9-10H2,1H3,(H,18,19). The summed E-state index contributed by atoms with van der Waals surface area (Å²) in [5.41, 5.74) is 3.71. The monoisotopic (exact) mass is 274 g/mol. The Balaban J connectivity index is 1.76. The molecule has 2 atom stereocenters. The summed E-state index contributed by atoms with van der Waals surface area (Å²) in [6, 6.07) is 6.36. The van der Waals surface area contributed by atoms with E-state index in [2.05, 4.69) is 16.7 Å². The van der Waals surface area contributed by atoms with Crippen molar-refractivity contribution in [1.29, 1.82) is 0 Å². The number of ether oxygens (including phenoxy) is 1. The number of carbonyl (C=O) groups excluding carboxylic acids is 1. The van der Waals surface area contributed by atoms with Crippen LogP contribution in [-0.2, 0) is 22.4 Å². The summed E-state index contributed by atoms with van der Waals surface area (Å²) >= 11 is 0. The third kappa shape index (κ3) is 2.58. The second-order valence-electron chi connectivity index (χ2n) is 5.68. The number of nitrogens with one attached hydrogen (secondary N) is 2. The lowest BCUT2D eigenvalue weighted by molar-refractivity contribution is -0.120. The van der Waals surface area contributed by atoms with Crippen molar-refractivity contribution >= 4 is 11.6 Å². The highest BCUT2D eigenvalue weighted by Crippen LogP contribution is 2.28. The number of anilines is 1. The summed E-state index contributed by atoms with van der Waals surface area (Å²) < 4.78 is 5.41. The molecule has 4 nitrogen and oxygen atoms in total. The number of likely N-dealkylation sites (N-methyl/N-ethyl adjacent to an activating group) is 1. The number of fused-ring (bicyclic) bond motifs is 1. The van der Waals surface area contributed by atoms with Gasteiger partial charge in [0.25, 0.3) is 0 Å². The fourth-order valence-electron chi connectivity index (χ4n) is 3.22. The van der Waals surface area contributed by atoms with Crippen LogP contribution >= 0.6 is 0 Å². The highest BCUT2D eigenvalue weighted by molar-refractivity contribution is 5.94. The molecule has 1 fully saturated rings. The normalized spacial score (nSPS) is 25.2. The van der Waals surface area contributed by atoms with Crippen molar-refractivity contribution in [3.05, 3.63) is 29.3 Å². The number of carbonyl (C=O) groups is 1. The van der Waals surface area contributed by atoms with Crippen LogP contribution in [0.4, 0.5) is 5.69 Å². The fourth-order valence-corrected chi connectivity index (χ4v) is 3.22. The van der Waals surface area contributed by atoms with Crippen molar-refractivity contribution in [3.8, 4) is 0 Å². The van der Waals surface area contributed by atoms with Gasteiger partial charge in [-0.2, -0.15) is 0 Å². The van der Waals surface area contributed by atoms with Gasteiger partial charge in [-0.15, -0.1) is 0 Å². The largest absolute Gasteiger partial charge is 0.379 e. The van der Waals surface area contributed by atoms with E-state index in [1.54, 1.807) is 0 Å². The lowest BCUT2D eigenvalue weighted by Gasteiger charge is -2.21. The molecule has 20 heavy (non-hydrogen) atoms. The van der Waals surface area contributed by atoms with Crippen LogP contribution in [0.25, 0.3) is 0 Å². The van der Waals surface area contributed by atoms with Gasteiger partial charge in [-0.1, -0.05) is 12.1 Å². The molecule has 1 aromatic carbocycles. The van der Waals surface area contributed by atoms with Crippen LogP contribution in [0, 0.1) is 5.92 Å². The van der Waals surface area contributed by atoms with E-state index in [1.165, 1.54) is 24.0 Å². The maximum absolute atomic E-state index is 12.4. The predicted molar refractivity (Wildman–Crippen MR) is 78.9 cm³/mol. The molecule has 2 N–H and O–H groups in total. The number of rotatable bonds is 3. The Morgan fingerprint density at radius 2 is 2.10 bits per heavy atom. The third-order valence-corrected chi connectivity index (χ3v) is 4.44. The molecule has 0 bridgehead atoms. The second-order valence-corrected chi connectivity index (χ2v) is 5.68. The second kappa shape index (κ2) is 5.94. The Hall–Kier alpha value is -1.39. The number of hydrogen-bond donors (Lipinski definition) is 2. The Bertz CT molecular complexity index is 501. The van der Waals surface area contributed by atoms with Crippen LogP contribution in [0.1, 0.15) is 24.0 Å². The molecule has 1 heterocycles. The average molecular weight is 274 g/mol. The van der Waals surface area contributed by atoms with Gasteiger partial charge in [-0.05, 0) is 49.9 Å². The van der Waals surface area contributed by atoms with Gasteiger partial charge >= 0.3 is 0 Å². The minimum absolute atomic E-state index is 0.0702. The zero-order valence-corrected chi connectivity index (χ0v) is 11.9. The average Bonchev–Trinajstić information content (AvgIpc) is 2.96. The summed E-state index contributed by atoms with van der Waals surface area (Å²) in [5.74, 6) is -0.0275. The molecule has 4 heteroatoms. The maximum Gasteiger partial charge on any atom is 0.231 e. The van der Waals surface area contributed by atoms with E-state index in [0.29, 0.717) is 13.2 Å². The van der Waals surface area contributed by atoms with Crippen molar-refractivity contribution in [2.75, 3.05) is 25.6 Å². The third-order valence-electron chi connectivity index (χ3n) is 4.44. The molecule has 108 valence electrons. The van der Waals surface area contributed by atoms with Crippen molar-refractivity contribution < 1.29 is 9.53 Å². The van der Waals surface area contributed by atoms with Crippen molar-refractivity contribution in [1.82, 2.24) is 5.32 Å². The smallest absolute Gasteiger partial charge is 0.231 e. The number of aryl methyl sites for hydroxylation is 1. The molecule has 0 spiro atoms. The van der Waals surface area contributed by atoms with Gasteiger partial charge in [0.1, 0.15) is 0 Å². The van der Waals surface area contributed by atoms with Crippen LogP contribution in [0.3, 0.4) is 0 Å². The quantitative estimate of drug-likeness (QED) is 0.882. The van der Waals surface area contributed by atoms with E-state index in [0.717, 1.165) is 18.5 Å². The SMILES string of the molecule is CNC1COCC1C(=O)Nc1cccc2c1CCCC2. The first kappa shape index (κ1) is 13.6. The minimum atomic E-state index is -0.0977. The van der Waals surface area contributed by atoms with Gasteiger partial charge in [-0.3, -0.25) is 4.79 Å². The molecule has 1 aromatic rings. The molecule has 0 saturated carbocycles. The topological polar surface area (TPSA) is 50.4 Å². The van der Waals surface area contributed by atoms with Crippen LogP contribution in [0.2, 0.25) is 0 Å². The minimum Gasteiger partial charge on any atom is -0.379 e. The summed E-state index contributed by atoms with van der Waals surface area (Å²) in [4.78, 5) is 12.4. The van der Waals surface area contributed by atoms with Gasteiger partial charge in [-0.25, -0.2) is 0 Å². The Morgan fingerprint density at radius 1 is 1.25 bits per heavy atom. The zero-order valence-electron chi connectivity index (χ0n) is 11.9. The van der Waals surface area contributed by atoms with Gasteiger partial charge in [0.15, 0.2) is 0 Å². The molecular weight excluding hydrogens is 252 g/mol. The molecule has 0 aromatic heterocycles. The van der Waals surface area contributed by atoms with E-state index in [9.17, 15) is 4.79 Å². The van der Waals surface area contributed by atoms with Gasteiger partial charge < -0.3 is 15.4 Å². The number of hydrogen-bond acceptors (Lipinski definition) is 3. The first-order valence-electron chi connectivity index (χ1n) is 7.46. The summed E-state index contributed by atoms with van der Waals surface area (Å²) in [5, 5.41) is 6.27. The van der Waals surface area contributed by atoms with E-state index < -0.39 is 0 Å². The molecule has 2 unspecified atom stereocenters. The molecule has 0 radical (unpaired) electrons. The van der Waals surface area contributed by atoms with Crippen LogP contribution in [-0.4, -0.2) is 32.2 Å². The van der Waals surface area contributed by atoms with E-state index in [1.807, 2.05) is 19.2 Å². The maximum atomic E-state index is 12.4. The Kier molecular flexibility index (Phi) is 4.03. The number of benzene rings is 1. The molecule has 1 amide bonds. The van der Waals surface area contributed by atoms with E-state index in [-0.39, 0.29) is 17.9 Å². The highest BCUT2D eigenvalue weighted by atomic mass is 16.5. The van der Waals surface area contributed by atoms with Crippen LogP contribution in [0.5, 0.6) is 0 Å². The first-order chi connectivity index (χ1) is 9.79. The first-order valence-corrected chi connectivity index (χ1v) is 7.46. The van der Waals surface area contributed by atoms with Gasteiger partial charge in [0, 0.05) is 11.7 Å². The fraction of sp³-hybridized carbons (Fsp3) is 0.562. The van der Waals surface area contributed by atoms with E-state index in [4.69, 9.17) is 4.74 Å². The summed E-state index contributed by atoms with van der Waals surface area (Å²) in [6.07, 6.45) is 4.67.